The number of carbonyl (C=O) groups excluding carboxylic acids is 2. The molecule has 0 radical (unpaired) electrons. The second-order valence-corrected chi connectivity index (χ2v) is 5.10. The molecular formula is C15H18FNO2. The van der Waals surface area contributed by atoms with Crippen molar-refractivity contribution in [2.24, 2.45) is 5.92 Å². The van der Waals surface area contributed by atoms with Gasteiger partial charge in [0, 0.05) is 19.5 Å². The van der Waals surface area contributed by atoms with E-state index in [1.807, 2.05) is 11.9 Å². The molecule has 4 heteroatoms. The van der Waals surface area contributed by atoms with Gasteiger partial charge in [0.2, 0.25) is 0 Å². The molecule has 1 heterocycles. The lowest BCUT2D eigenvalue weighted by atomic mass is 9.81. The van der Waals surface area contributed by atoms with Gasteiger partial charge in [0.1, 0.15) is 11.6 Å². The minimum atomic E-state index is -0.543. The minimum absolute atomic E-state index is 0.0105. The Morgan fingerprint density at radius 2 is 1.95 bits per heavy atom. The Kier molecular flexibility index (Phi) is 4.10. The summed E-state index contributed by atoms with van der Waals surface area (Å²) in [5.41, 5.74) is 0.784. The van der Waals surface area contributed by atoms with Crippen molar-refractivity contribution in [3.8, 4) is 0 Å². The molecule has 2 unspecified atom stereocenters. The number of hydrogen-bond donors (Lipinski definition) is 0. The van der Waals surface area contributed by atoms with Gasteiger partial charge in [-0.25, -0.2) is 4.39 Å². The Labute approximate surface area is 112 Å². The van der Waals surface area contributed by atoms with E-state index in [9.17, 15) is 14.0 Å². The van der Waals surface area contributed by atoms with Crippen LogP contribution in [0.15, 0.2) is 24.3 Å². The second-order valence-electron chi connectivity index (χ2n) is 5.10. The Hall–Kier alpha value is -1.55. The summed E-state index contributed by atoms with van der Waals surface area (Å²) in [5.74, 6) is -1.24. The molecule has 2 rings (SSSR count). The molecule has 0 N–H and O–H groups in total. The number of nitrogens with zero attached hydrogens (tertiary/aromatic N) is 1. The van der Waals surface area contributed by atoms with E-state index in [0.29, 0.717) is 19.5 Å². The maximum atomic E-state index is 12.9. The van der Waals surface area contributed by atoms with Crippen molar-refractivity contribution >= 4 is 11.6 Å². The van der Waals surface area contributed by atoms with Crippen LogP contribution in [0.3, 0.4) is 0 Å². The Morgan fingerprint density at radius 1 is 1.32 bits per heavy atom. The molecular weight excluding hydrogens is 245 g/mol. The van der Waals surface area contributed by atoms with Crippen LogP contribution in [0.4, 0.5) is 4.39 Å². The first-order chi connectivity index (χ1) is 9.02. The van der Waals surface area contributed by atoms with E-state index in [1.165, 1.54) is 12.1 Å². The summed E-state index contributed by atoms with van der Waals surface area (Å²) >= 11 is 0. The topological polar surface area (TPSA) is 37.4 Å². The summed E-state index contributed by atoms with van der Waals surface area (Å²) in [6, 6.07) is 5.97. The largest absolute Gasteiger partial charge is 0.304 e. The van der Waals surface area contributed by atoms with Crippen LogP contribution in [0, 0.1) is 11.7 Å². The predicted octanol–water partition coefficient (Wildman–Crippen LogP) is 2.02. The molecule has 0 aliphatic carbocycles. The monoisotopic (exact) mass is 263 g/mol. The number of hydrogen-bond acceptors (Lipinski definition) is 3. The quantitative estimate of drug-likeness (QED) is 0.783. The van der Waals surface area contributed by atoms with Gasteiger partial charge >= 0.3 is 0 Å². The Morgan fingerprint density at radius 3 is 2.53 bits per heavy atom. The van der Waals surface area contributed by atoms with Crippen molar-refractivity contribution in [1.29, 1.82) is 0 Å². The van der Waals surface area contributed by atoms with Gasteiger partial charge in [-0.2, -0.15) is 0 Å². The van der Waals surface area contributed by atoms with Crippen molar-refractivity contribution in [3.63, 3.8) is 0 Å². The van der Waals surface area contributed by atoms with E-state index in [4.69, 9.17) is 0 Å². The number of carbonyl (C=O) groups is 2. The fourth-order valence-corrected chi connectivity index (χ4v) is 2.59. The lowest BCUT2D eigenvalue weighted by Gasteiger charge is -2.33. The van der Waals surface area contributed by atoms with Crippen LogP contribution >= 0.6 is 0 Å². The van der Waals surface area contributed by atoms with E-state index in [-0.39, 0.29) is 23.3 Å². The maximum absolute atomic E-state index is 12.9. The number of Topliss-reactive ketones (excluding diaryl/α,β-unsaturated/α-hetero) is 2. The molecule has 102 valence electrons. The number of likely N-dealkylation sites (N-methyl/N-ethyl adjacent to an activating group) is 1. The molecule has 1 aromatic rings. The first-order valence-corrected chi connectivity index (χ1v) is 6.53. The molecule has 19 heavy (non-hydrogen) atoms. The van der Waals surface area contributed by atoms with E-state index >= 15 is 0 Å². The van der Waals surface area contributed by atoms with Gasteiger partial charge in [-0.1, -0.05) is 19.1 Å². The Balaban J connectivity index is 2.26. The molecule has 0 saturated carbocycles. The maximum Gasteiger partial charge on any atom is 0.153 e. The summed E-state index contributed by atoms with van der Waals surface area (Å²) in [6.45, 7) is 2.85. The lowest BCUT2D eigenvalue weighted by molar-refractivity contribution is -0.136. The molecule has 1 saturated heterocycles. The predicted molar refractivity (Wildman–Crippen MR) is 70.4 cm³/mol. The van der Waals surface area contributed by atoms with E-state index < -0.39 is 5.92 Å². The van der Waals surface area contributed by atoms with Gasteiger partial charge in [-0.15, -0.1) is 0 Å². The van der Waals surface area contributed by atoms with Gasteiger partial charge < -0.3 is 4.90 Å². The molecule has 1 fully saturated rings. The first kappa shape index (κ1) is 13.9. The van der Waals surface area contributed by atoms with Crippen LogP contribution in [-0.2, 0) is 9.59 Å². The lowest BCUT2D eigenvalue weighted by Crippen LogP contribution is -2.46. The van der Waals surface area contributed by atoms with Crippen LogP contribution in [-0.4, -0.2) is 36.6 Å². The standard InChI is InChI=1S/C15H18FNO2/c1-3-14(18)13-9-17(2)8-12(15(13)19)10-4-6-11(16)7-5-10/h4-7,12-13H,3,8-9H2,1-2H3. The van der Waals surface area contributed by atoms with Crippen molar-refractivity contribution in [3.05, 3.63) is 35.6 Å². The summed E-state index contributed by atoms with van der Waals surface area (Å²) in [7, 11) is 1.90. The highest BCUT2D eigenvalue weighted by molar-refractivity contribution is 6.05. The molecule has 0 bridgehead atoms. The van der Waals surface area contributed by atoms with Crippen LogP contribution in [0.25, 0.3) is 0 Å². The number of likely N-dealkylation sites (tertiary alicyclic amines) is 1. The summed E-state index contributed by atoms with van der Waals surface area (Å²) in [6.07, 6.45) is 0.375. The van der Waals surface area contributed by atoms with Crippen LogP contribution < -0.4 is 0 Å². The second kappa shape index (κ2) is 5.61. The van der Waals surface area contributed by atoms with Gasteiger partial charge in [-0.3, -0.25) is 9.59 Å². The molecule has 3 nitrogen and oxygen atoms in total. The number of rotatable bonds is 3. The van der Waals surface area contributed by atoms with Gasteiger partial charge in [0.15, 0.2) is 5.78 Å². The van der Waals surface area contributed by atoms with E-state index in [1.54, 1.807) is 19.1 Å². The fourth-order valence-electron chi connectivity index (χ4n) is 2.59. The smallest absolute Gasteiger partial charge is 0.153 e. The van der Waals surface area contributed by atoms with Crippen LogP contribution in [0.1, 0.15) is 24.8 Å². The first-order valence-electron chi connectivity index (χ1n) is 6.53. The average molecular weight is 263 g/mol. The highest BCUT2D eigenvalue weighted by Gasteiger charge is 2.37. The van der Waals surface area contributed by atoms with Crippen molar-refractivity contribution in [1.82, 2.24) is 4.90 Å². The third-order valence-corrected chi connectivity index (χ3v) is 3.68. The molecule has 0 aromatic heterocycles. The van der Waals surface area contributed by atoms with Gasteiger partial charge in [-0.05, 0) is 24.7 Å². The van der Waals surface area contributed by atoms with Crippen LogP contribution in [0.5, 0.6) is 0 Å². The van der Waals surface area contributed by atoms with E-state index in [0.717, 1.165) is 5.56 Å². The number of halogens is 1. The van der Waals surface area contributed by atoms with Crippen LogP contribution in [0.2, 0.25) is 0 Å². The Bertz CT molecular complexity index is 483. The third kappa shape index (κ3) is 2.89. The number of benzene rings is 1. The fraction of sp³-hybridized carbons (Fsp3) is 0.467. The number of ketones is 2. The molecule has 2 atom stereocenters. The SMILES string of the molecule is CCC(=O)C1CN(C)CC(c2ccc(F)cc2)C1=O. The summed E-state index contributed by atoms with van der Waals surface area (Å²) in [5, 5.41) is 0. The van der Waals surface area contributed by atoms with Gasteiger partial charge in [0.05, 0.1) is 11.8 Å². The number of piperidine rings is 1. The summed E-state index contributed by atoms with van der Waals surface area (Å²) in [4.78, 5) is 26.3. The average Bonchev–Trinajstić information content (AvgIpc) is 2.41. The third-order valence-electron chi connectivity index (χ3n) is 3.68. The molecule has 0 spiro atoms. The zero-order valence-corrected chi connectivity index (χ0v) is 11.2. The highest BCUT2D eigenvalue weighted by atomic mass is 19.1. The molecule has 0 amide bonds. The van der Waals surface area contributed by atoms with E-state index in [2.05, 4.69) is 0 Å². The van der Waals surface area contributed by atoms with Crippen molar-refractivity contribution < 1.29 is 14.0 Å². The highest BCUT2D eigenvalue weighted by Crippen LogP contribution is 2.27. The minimum Gasteiger partial charge on any atom is -0.304 e. The zero-order valence-electron chi connectivity index (χ0n) is 11.2. The summed E-state index contributed by atoms with van der Waals surface area (Å²) < 4.78 is 12.9. The molecule has 1 aliphatic heterocycles. The van der Waals surface area contributed by atoms with Crippen molar-refractivity contribution in [2.75, 3.05) is 20.1 Å². The zero-order chi connectivity index (χ0) is 14.0. The molecule has 1 aromatic carbocycles. The van der Waals surface area contributed by atoms with Gasteiger partial charge in [0.25, 0.3) is 0 Å². The molecule has 1 aliphatic rings. The normalized spacial score (nSPS) is 24.5. The van der Waals surface area contributed by atoms with Crippen molar-refractivity contribution in [2.45, 2.75) is 19.3 Å².